The lowest BCUT2D eigenvalue weighted by molar-refractivity contribution is 0.101. The van der Waals surface area contributed by atoms with Crippen LogP contribution in [0.3, 0.4) is 0 Å². The van der Waals surface area contributed by atoms with Gasteiger partial charge in [0.25, 0.3) is 0 Å². The van der Waals surface area contributed by atoms with Crippen molar-refractivity contribution in [3.05, 3.63) is 59.9 Å². The van der Waals surface area contributed by atoms with Gasteiger partial charge in [-0.05, 0) is 24.3 Å². The van der Waals surface area contributed by atoms with Crippen LogP contribution in [0.15, 0.2) is 52.9 Å². The monoisotopic (exact) mass is 282 g/mol. The molecule has 0 unspecified atom stereocenters. The number of ether oxygens (including phenoxy) is 2. The molecule has 4 nitrogen and oxygen atoms in total. The van der Waals surface area contributed by atoms with Crippen molar-refractivity contribution in [2.45, 2.75) is 0 Å². The molecule has 0 aliphatic carbocycles. The maximum absolute atomic E-state index is 12.6. The third-order valence-electron chi connectivity index (χ3n) is 3.30. The average molecular weight is 282 g/mol. The Bertz CT molecular complexity index is 801. The molecule has 0 saturated carbocycles. The lowest BCUT2D eigenvalue weighted by atomic mass is 10.1. The highest BCUT2D eigenvalue weighted by molar-refractivity contribution is 6.10. The zero-order chi connectivity index (χ0) is 14.8. The van der Waals surface area contributed by atoms with Crippen LogP contribution in [-0.2, 0) is 0 Å². The Morgan fingerprint density at radius 2 is 1.67 bits per heavy atom. The smallest absolute Gasteiger partial charge is 0.231 e. The van der Waals surface area contributed by atoms with Crippen molar-refractivity contribution >= 4 is 16.8 Å². The molecule has 0 N–H and O–H groups in total. The largest absolute Gasteiger partial charge is 0.496 e. The highest BCUT2D eigenvalue weighted by atomic mass is 16.5. The molecule has 0 spiro atoms. The molecule has 0 atom stereocenters. The number of hydrogen-bond acceptors (Lipinski definition) is 4. The SMILES string of the molecule is COc1ccccc1C(=O)c1cc2cccc(OC)c2o1. The summed E-state index contributed by atoms with van der Waals surface area (Å²) < 4.78 is 16.1. The molecule has 0 aliphatic rings. The van der Waals surface area contributed by atoms with E-state index in [2.05, 4.69) is 0 Å². The lowest BCUT2D eigenvalue weighted by Crippen LogP contribution is -2.02. The molecule has 1 aromatic heterocycles. The molecule has 106 valence electrons. The summed E-state index contributed by atoms with van der Waals surface area (Å²) in [5.74, 6) is 1.17. The van der Waals surface area contributed by atoms with Crippen LogP contribution in [-0.4, -0.2) is 20.0 Å². The normalized spacial score (nSPS) is 10.6. The summed E-state index contributed by atoms with van der Waals surface area (Å²) in [5, 5.41) is 0.826. The average Bonchev–Trinajstić information content (AvgIpc) is 2.98. The Hall–Kier alpha value is -2.75. The van der Waals surface area contributed by atoms with Crippen LogP contribution in [0.2, 0.25) is 0 Å². The first kappa shape index (κ1) is 13.2. The molecule has 0 aliphatic heterocycles. The second-order valence-corrected chi connectivity index (χ2v) is 4.52. The number of hydrogen-bond donors (Lipinski definition) is 0. The third kappa shape index (κ3) is 2.25. The van der Waals surface area contributed by atoms with Crippen molar-refractivity contribution in [3.8, 4) is 11.5 Å². The quantitative estimate of drug-likeness (QED) is 0.685. The van der Waals surface area contributed by atoms with Crippen molar-refractivity contribution in [2.75, 3.05) is 14.2 Å². The van der Waals surface area contributed by atoms with Crippen LogP contribution in [0.25, 0.3) is 11.0 Å². The number of rotatable bonds is 4. The van der Waals surface area contributed by atoms with Gasteiger partial charge in [0.2, 0.25) is 5.78 Å². The third-order valence-corrected chi connectivity index (χ3v) is 3.30. The van der Waals surface area contributed by atoms with Gasteiger partial charge in [-0.3, -0.25) is 4.79 Å². The Morgan fingerprint density at radius 1 is 0.952 bits per heavy atom. The first-order valence-corrected chi connectivity index (χ1v) is 6.49. The summed E-state index contributed by atoms with van der Waals surface area (Å²) in [6.07, 6.45) is 0. The molecular weight excluding hydrogens is 268 g/mol. The summed E-state index contributed by atoms with van der Waals surface area (Å²) in [6, 6.07) is 14.3. The zero-order valence-corrected chi connectivity index (χ0v) is 11.8. The van der Waals surface area contributed by atoms with E-state index >= 15 is 0 Å². The number of fused-ring (bicyclic) bond motifs is 1. The van der Waals surface area contributed by atoms with E-state index in [1.54, 1.807) is 37.4 Å². The zero-order valence-electron chi connectivity index (χ0n) is 11.8. The molecule has 0 radical (unpaired) electrons. The van der Waals surface area contributed by atoms with Crippen LogP contribution in [0.4, 0.5) is 0 Å². The van der Waals surface area contributed by atoms with Gasteiger partial charge in [-0.1, -0.05) is 24.3 Å². The first-order valence-electron chi connectivity index (χ1n) is 6.49. The van der Waals surface area contributed by atoms with E-state index in [4.69, 9.17) is 13.9 Å². The number of para-hydroxylation sites is 2. The number of carbonyl (C=O) groups is 1. The second-order valence-electron chi connectivity index (χ2n) is 4.52. The van der Waals surface area contributed by atoms with Crippen molar-refractivity contribution in [2.24, 2.45) is 0 Å². The van der Waals surface area contributed by atoms with E-state index in [0.29, 0.717) is 22.6 Å². The molecule has 21 heavy (non-hydrogen) atoms. The summed E-state index contributed by atoms with van der Waals surface area (Å²) in [5.41, 5.74) is 1.04. The fraction of sp³-hybridized carbons (Fsp3) is 0.118. The van der Waals surface area contributed by atoms with Gasteiger partial charge in [0.15, 0.2) is 17.1 Å². The molecule has 0 bridgehead atoms. The highest BCUT2D eigenvalue weighted by Gasteiger charge is 2.19. The summed E-state index contributed by atoms with van der Waals surface area (Å²) in [6.45, 7) is 0. The Kier molecular flexibility index (Phi) is 3.36. The minimum atomic E-state index is -0.217. The predicted octanol–water partition coefficient (Wildman–Crippen LogP) is 3.68. The summed E-state index contributed by atoms with van der Waals surface area (Å²) in [4.78, 5) is 12.6. The van der Waals surface area contributed by atoms with E-state index in [-0.39, 0.29) is 11.5 Å². The topological polar surface area (TPSA) is 48.7 Å². The summed E-state index contributed by atoms with van der Waals surface area (Å²) in [7, 11) is 3.10. The number of carbonyl (C=O) groups excluding carboxylic acids is 1. The fourth-order valence-electron chi connectivity index (χ4n) is 2.27. The molecule has 2 aromatic carbocycles. The van der Waals surface area contributed by atoms with Crippen molar-refractivity contribution in [1.29, 1.82) is 0 Å². The predicted molar refractivity (Wildman–Crippen MR) is 79.2 cm³/mol. The minimum absolute atomic E-state index is 0.217. The van der Waals surface area contributed by atoms with Gasteiger partial charge in [-0.25, -0.2) is 0 Å². The Labute approximate surface area is 121 Å². The fourth-order valence-corrected chi connectivity index (χ4v) is 2.27. The number of furan rings is 1. The molecule has 0 amide bonds. The van der Waals surface area contributed by atoms with Gasteiger partial charge in [0, 0.05) is 5.39 Å². The standard InChI is InChI=1S/C17H14O4/c1-19-13-8-4-3-7-12(13)16(18)15-10-11-6-5-9-14(20-2)17(11)21-15/h3-10H,1-2H3. The highest BCUT2D eigenvalue weighted by Crippen LogP contribution is 2.30. The van der Waals surface area contributed by atoms with Gasteiger partial charge in [0.05, 0.1) is 19.8 Å². The van der Waals surface area contributed by atoms with Gasteiger partial charge in [-0.2, -0.15) is 0 Å². The minimum Gasteiger partial charge on any atom is -0.496 e. The van der Waals surface area contributed by atoms with Crippen LogP contribution in [0.1, 0.15) is 16.1 Å². The van der Waals surface area contributed by atoms with Crippen LogP contribution in [0, 0.1) is 0 Å². The van der Waals surface area contributed by atoms with Gasteiger partial charge < -0.3 is 13.9 Å². The first-order chi connectivity index (χ1) is 10.2. The van der Waals surface area contributed by atoms with E-state index in [1.807, 2.05) is 18.2 Å². The molecular formula is C17H14O4. The maximum atomic E-state index is 12.6. The molecule has 0 saturated heterocycles. The number of benzene rings is 2. The summed E-state index contributed by atoms with van der Waals surface area (Å²) >= 11 is 0. The van der Waals surface area contributed by atoms with Crippen LogP contribution < -0.4 is 9.47 Å². The number of ketones is 1. The van der Waals surface area contributed by atoms with Crippen LogP contribution >= 0.6 is 0 Å². The van der Waals surface area contributed by atoms with E-state index in [0.717, 1.165) is 5.39 Å². The Morgan fingerprint density at radius 3 is 2.43 bits per heavy atom. The number of methoxy groups -OCH3 is 2. The molecule has 0 fully saturated rings. The molecule has 1 heterocycles. The van der Waals surface area contributed by atoms with E-state index in [1.165, 1.54) is 7.11 Å². The van der Waals surface area contributed by atoms with Crippen molar-refractivity contribution in [3.63, 3.8) is 0 Å². The second kappa shape index (κ2) is 5.32. The van der Waals surface area contributed by atoms with Crippen LogP contribution in [0.5, 0.6) is 11.5 Å². The van der Waals surface area contributed by atoms with Gasteiger partial charge in [0.1, 0.15) is 5.75 Å². The van der Waals surface area contributed by atoms with E-state index in [9.17, 15) is 4.79 Å². The van der Waals surface area contributed by atoms with Crippen molar-refractivity contribution in [1.82, 2.24) is 0 Å². The lowest BCUT2D eigenvalue weighted by Gasteiger charge is -2.05. The molecule has 4 heteroatoms. The Balaban J connectivity index is 2.10. The van der Waals surface area contributed by atoms with Gasteiger partial charge in [-0.15, -0.1) is 0 Å². The van der Waals surface area contributed by atoms with E-state index < -0.39 is 0 Å². The molecule has 3 rings (SSSR count). The maximum Gasteiger partial charge on any atom is 0.231 e. The molecule has 3 aromatic rings. The van der Waals surface area contributed by atoms with Gasteiger partial charge >= 0.3 is 0 Å². The van der Waals surface area contributed by atoms with Crippen molar-refractivity contribution < 1.29 is 18.7 Å².